The molecule has 0 amide bonds. The maximum absolute atomic E-state index is 8.81. The number of rotatable bonds is 7. The highest BCUT2D eigenvalue weighted by molar-refractivity contribution is 5.53. The third-order valence-corrected chi connectivity index (χ3v) is 3.11. The third kappa shape index (κ3) is 3.68. The fraction of sp³-hybridized carbons (Fsp3) is 0.500. The molecule has 0 aromatic heterocycles. The maximum Gasteiger partial charge on any atom is 0.203 e. The lowest BCUT2D eigenvalue weighted by Gasteiger charge is -2.23. The molecule has 0 saturated carbocycles. The highest BCUT2D eigenvalue weighted by atomic mass is 16.5. The average molecular weight is 279 g/mol. The Bertz CT molecular complexity index is 460. The fourth-order valence-corrected chi connectivity index (χ4v) is 1.80. The molecule has 0 heterocycles. The van der Waals surface area contributed by atoms with Gasteiger partial charge >= 0.3 is 0 Å². The highest BCUT2D eigenvalue weighted by Crippen LogP contribution is 2.38. The molecular weight excluding hydrogens is 258 g/mol. The minimum Gasteiger partial charge on any atom is -0.493 e. The summed E-state index contributed by atoms with van der Waals surface area (Å²) in [5.74, 6) is 1.86. The zero-order valence-corrected chi connectivity index (χ0v) is 12.6. The van der Waals surface area contributed by atoms with Crippen molar-refractivity contribution in [3.8, 4) is 23.4 Å². The lowest BCUT2D eigenvalue weighted by Crippen LogP contribution is -2.34. The van der Waals surface area contributed by atoms with Crippen LogP contribution in [0.5, 0.6) is 17.2 Å². The minimum absolute atomic E-state index is 0.584. The molecular formula is C14H21N3O3. The molecule has 1 rings (SSSR count). The van der Waals surface area contributed by atoms with E-state index >= 15 is 0 Å². The van der Waals surface area contributed by atoms with Crippen LogP contribution in [0.2, 0.25) is 0 Å². The predicted molar refractivity (Wildman–Crippen MR) is 75.8 cm³/mol. The summed E-state index contributed by atoms with van der Waals surface area (Å²) in [4.78, 5) is 0. The minimum atomic E-state index is 0.584. The Morgan fingerprint density at radius 2 is 1.60 bits per heavy atom. The lowest BCUT2D eigenvalue weighted by molar-refractivity contribution is 0.0915. The van der Waals surface area contributed by atoms with Crippen LogP contribution >= 0.6 is 0 Å². The molecule has 1 aromatic rings. The van der Waals surface area contributed by atoms with E-state index in [-0.39, 0.29) is 0 Å². The molecule has 0 radical (unpaired) electrons. The Morgan fingerprint density at radius 1 is 1.05 bits per heavy atom. The number of benzene rings is 1. The van der Waals surface area contributed by atoms with E-state index in [0.29, 0.717) is 23.8 Å². The first-order valence-corrected chi connectivity index (χ1v) is 6.20. The molecule has 0 aliphatic rings. The number of nitrogens with zero attached hydrogens (tertiary/aromatic N) is 3. The first-order valence-electron chi connectivity index (χ1n) is 6.20. The van der Waals surface area contributed by atoms with Crippen molar-refractivity contribution in [3.05, 3.63) is 17.7 Å². The molecule has 0 saturated heterocycles. The molecule has 0 aliphatic carbocycles. The second-order valence-electron chi connectivity index (χ2n) is 4.29. The number of hydrogen-bond donors (Lipinski definition) is 0. The van der Waals surface area contributed by atoms with E-state index in [0.717, 1.165) is 12.0 Å². The molecule has 0 spiro atoms. The summed E-state index contributed by atoms with van der Waals surface area (Å²) >= 11 is 0. The maximum atomic E-state index is 8.81. The number of ether oxygens (including phenoxy) is 3. The topological polar surface area (TPSA) is 58.0 Å². The second-order valence-corrected chi connectivity index (χ2v) is 4.29. The van der Waals surface area contributed by atoms with Crippen LogP contribution in [-0.4, -0.2) is 52.0 Å². The van der Waals surface area contributed by atoms with Gasteiger partial charge in [0.05, 0.1) is 21.3 Å². The van der Waals surface area contributed by atoms with Gasteiger partial charge in [-0.15, -0.1) is 0 Å². The van der Waals surface area contributed by atoms with Gasteiger partial charge in [0.2, 0.25) is 5.75 Å². The molecule has 0 bridgehead atoms. The van der Waals surface area contributed by atoms with E-state index in [9.17, 15) is 0 Å². The fourth-order valence-electron chi connectivity index (χ4n) is 1.80. The van der Waals surface area contributed by atoms with Gasteiger partial charge in [-0.05, 0) is 24.1 Å². The molecule has 6 nitrogen and oxygen atoms in total. The van der Waals surface area contributed by atoms with E-state index < -0.39 is 0 Å². The monoisotopic (exact) mass is 279 g/mol. The summed E-state index contributed by atoms with van der Waals surface area (Å²) in [6.07, 6.45) is 2.82. The lowest BCUT2D eigenvalue weighted by atomic mass is 10.1. The smallest absolute Gasteiger partial charge is 0.203 e. The van der Waals surface area contributed by atoms with Gasteiger partial charge in [0.1, 0.15) is 0 Å². The van der Waals surface area contributed by atoms with Crippen molar-refractivity contribution in [2.45, 2.75) is 6.42 Å². The van der Waals surface area contributed by atoms with Crippen molar-refractivity contribution in [1.82, 2.24) is 10.0 Å². The Hall–Kier alpha value is -2.13. The standard InChI is InChI=1S/C14H21N3O3/c1-16(17(2)10-15)7-6-11-8-12(18-3)14(20-5)13(9-11)19-4/h8-9H,6-7H2,1-5H3. The van der Waals surface area contributed by atoms with Crippen molar-refractivity contribution < 1.29 is 14.2 Å². The van der Waals surface area contributed by atoms with Gasteiger partial charge in [0.25, 0.3) is 0 Å². The molecule has 0 N–H and O–H groups in total. The van der Waals surface area contributed by atoms with Gasteiger partial charge in [0, 0.05) is 20.6 Å². The third-order valence-electron chi connectivity index (χ3n) is 3.11. The van der Waals surface area contributed by atoms with Crippen LogP contribution in [0, 0.1) is 11.5 Å². The molecule has 1 aromatic carbocycles. The zero-order chi connectivity index (χ0) is 15.1. The van der Waals surface area contributed by atoms with Crippen LogP contribution in [0.1, 0.15) is 5.56 Å². The van der Waals surface area contributed by atoms with E-state index in [1.54, 1.807) is 28.4 Å². The van der Waals surface area contributed by atoms with Crippen molar-refractivity contribution in [2.24, 2.45) is 0 Å². The van der Waals surface area contributed by atoms with Crippen LogP contribution in [0.15, 0.2) is 12.1 Å². The van der Waals surface area contributed by atoms with Gasteiger partial charge in [-0.2, -0.15) is 5.26 Å². The van der Waals surface area contributed by atoms with Crippen LogP contribution in [-0.2, 0) is 6.42 Å². The second kappa shape index (κ2) is 7.46. The quantitative estimate of drug-likeness (QED) is 0.428. The van der Waals surface area contributed by atoms with Crippen molar-refractivity contribution in [3.63, 3.8) is 0 Å². The Labute approximate surface area is 120 Å². The van der Waals surface area contributed by atoms with E-state index in [4.69, 9.17) is 19.5 Å². The van der Waals surface area contributed by atoms with Crippen molar-refractivity contribution in [1.29, 1.82) is 5.26 Å². The Morgan fingerprint density at radius 3 is 2.00 bits per heavy atom. The Balaban J connectivity index is 2.89. The molecule has 0 aliphatic heterocycles. The van der Waals surface area contributed by atoms with Gasteiger partial charge in [0.15, 0.2) is 17.7 Å². The summed E-state index contributed by atoms with van der Waals surface area (Å²) < 4.78 is 15.9. The van der Waals surface area contributed by atoms with Gasteiger partial charge in [-0.1, -0.05) is 0 Å². The molecule has 110 valence electrons. The average Bonchev–Trinajstić information content (AvgIpc) is 2.50. The summed E-state index contributed by atoms with van der Waals surface area (Å²) in [5.41, 5.74) is 1.05. The van der Waals surface area contributed by atoms with E-state index in [1.807, 2.05) is 24.2 Å². The van der Waals surface area contributed by atoms with Crippen LogP contribution in [0.4, 0.5) is 0 Å². The summed E-state index contributed by atoms with van der Waals surface area (Å²) in [7, 11) is 8.35. The normalized spacial score (nSPS) is 10.1. The van der Waals surface area contributed by atoms with Crippen molar-refractivity contribution >= 4 is 0 Å². The summed E-state index contributed by atoms with van der Waals surface area (Å²) in [5, 5.41) is 12.1. The summed E-state index contributed by atoms with van der Waals surface area (Å²) in [6.45, 7) is 0.711. The van der Waals surface area contributed by atoms with Gasteiger partial charge in [-0.3, -0.25) is 0 Å². The van der Waals surface area contributed by atoms with E-state index in [2.05, 4.69) is 6.19 Å². The van der Waals surface area contributed by atoms with Crippen molar-refractivity contribution in [2.75, 3.05) is 42.0 Å². The predicted octanol–water partition coefficient (Wildman–Crippen LogP) is 1.51. The van der Waals surface area contributed by atoms with Crippen LogP contribution in [0.25, 0.3) is 0 Å². The molecule has 0 atom stereocenters. The zero-order valence-electron chi connectivity index (χ0n) is 12.6. The number of nitriles is 1. The molecule has 0 fully saturated rings. The number of methoxy groups -OCH3 is 3. The van der Waals surface area contributed by atoms with E-state index in [1.165, 1.54) is 5.01 Å². The van der Waals surface area contributed by atoms with Crippen LogP contribution < -0.4 is 14.2 Å². The highest BCUT2D eigenvalue weighted by Gasteiger charge is 2.13. The number of hydrogen-bond acceptors (Lipinski definition) is 6. The van der Waals surface area contributed by atoms with Gasteiger partial charge < -0.3 is 14.2 Å². The molecule has 20 heavy (non-hydrogen) atoms. The SMILES string of the molecule is COc1cc(CCN(C)N(C)C#N)cc(OC)c1OC. The Kier molecular flexibility index (Phi) is 5.94. The number of likely N-dealkylation sites (N-methyl/N-ethyl adjacent to an activating group) is 1. The largest absolute Gasteiger partial charge is 0.493 e. The molecule has 0 unspecified atom stereocenters. The molecule has 6 heteroatoms. The first-order chi connectivity index (χ1) is 9.57. The van der Waals surface area contributed by atoms with Gasteiger partial charge in [-0.25, -0.2) is 10.0 Å². The van der Waals surface area contributed by atoms with Crippen LogP contribution in [0.3, 0.4) is 0 Å². The number of hydrazine groups is 1. The first kappa shape index (κ1) is 15.9. The summed E-state index contributed by atoms with van der Waals surface area (Å²) in [6, 6.07) is 3.84.